The van der Waals surface area contributed by atoms with Crippen LogP contribution < -0.4 is 5.48 Å². The van der Waals surface area contributed by atoms with Gasteiger partial charge >= 0.3 is 5.97 Å². The van der Waals surface area contributed by atoms with Gasteiger partial charge in [-0.15, -0.1) is 0 Å². The molecule has 12 rings (SSSR count). The Kier molecular flexibility index (Phi) is 9.84. The van der Waals surface area contributed by atoms with Crippen molar-refractivity contribution in [1.82, 2.24) is 5.48 Å². The molecule has 8 saturated carbocycles. The summed E-state index contributed by atoms with van der Waals surface area (Å²) in [6.07, 6.45) is 21.4. The van der Waals surface area contributed by atoms with E-state index in [4.69, 9.17) is 10.3 Å². The van der Waals surface area contributed by atoms with E-state index in [0.29, 0.717) is 11.5 Å². The Morgan fingerprint density at radius 3 is 1.18 bits per heavy atom. The second kappa shape index (κ2) is 15.0. The van der Waals surface area contributed by atoms with Gasteiger partial charge in [0.05, 0.1) is 0 Å². The van der Waals surface area contributed by atoms with Crippen LogP contribution in [0.15, 0.2) is 97.1 Å². The Balaban J connectivity index is 0.000000148. The second-order valence-electron chi connectivity index (χ2n) is 18.6. The van der Waals surface area contributed by atoms with Crippen LogP contribution in [-0.4, -0.2) is 32.4 Å². The van der Waals surface area contributed by atoms with Crippen molar-refractivity contribution in [3.05, 3.63) is 119 Å². The summed E-state index contributed by atoms with van der Waals surface area (Å²) in [5, 5.41) is 38.8. The highest BCUT2D eigenvalue weighted by atomic mass is 16.5. The van der Waals surface area contributed by atoms with Crippen LogP contribution in [0.4, 0.5) is 0 Å². The molecule has 8 aliphatic carbocycles. The van der Waals surface area contributed by atoms with Crippen LogP contribution in [0.2, 0.25) is 0 Å². The van der Waals surface area contributed by atoms with Crippen molar-refractivity contribution >= 4 is 24.0 Å². The number of amides is 1. The van der Waals surface area contributed by atoms with Crippen LogP contribution in [-0.2, 0) is 20.4 Å². The quantitative estimate of drug-likeness (QED) is 0.0691. The standard InChI is InChI=1S/C25H27NO3.C25H26O3/c27-23-7-6-21(20-4-1-16(2-5-20)3-8-24(28)26-29)12-22(23)25-13-17-9-18(14-25)11-19(10-17)15-25;26-23-7-6-21(20-4-1-16(2-5-20)3-8-24(27)28)12-22(23)25-13-17-9-18(14-25)11-19(10-17)15-25/h1-8,12,17-19,27,29H,9-11,13-15H2,(H,26,28);1-8,12,17-19,26H,9-11,13-15H2,(H,27,28)/b2*8-3+. The lowest BCUT2D eigenvalue weighted by Crippen LogP contribution is -2.48. The highest BCUT2D eigenvalue weighted by Crippen LogP contribution is 2.63. The molecule has 8 fully saturated rings. The molecule has 4 aromatic rings. The molecule has 8 aliphatic rings. The lowest BCUT2D eigenvalue weighted by molar-refractivity contribution is -0.131. The Morgan fingerprint density at radius 1 is 0.509 bits per heavy atom. The summed E-state index contributed by atoms with van der Waals surface area (Å²) in [7, 11) is 0. The van der Waals surface area contributed by atoms with E-state index in [1.54, 1.807) is 17.6 Å². The summed E-state index contributed by atoms with van der Waals surface area (Å²) < 4.78 is 0. The molecule has 0 aliphatic heterocycles. The molecule has 7 heteroatoms. The Labute approximate surface area is 335 Å². The van der Waals surface area contributed by atoms with Crippen LogP contribution >= 0.6 is 0 Å². The first-order valence-corrected chi connectivity index (χ1v) is 21.0. The topological polar surface area (TPSA) is 127 Å². The molecular formula is C50H53NO6. The summed E-state index contributed by atoms with van der Waals surface area (Å²) in [6.45, 7) is 0. The Hall–Kier alpha value is -5.14. The van der Waals surface area contributed by atoms with Crippen molar-refractivity contribution in [2.45, 2.75) is 87.9 Å². The largest absolute Gasteiger partial charge is 0.508 e. The van der Waals surface area contributed by atoms with E-state index >= 15 is 0 Å². The van der Waals surface area contributed by atoms with Crippen molar-refractivity contribution in [2.75, 3.05) is 0 Å². The van der Waals surface area contributed by atoms with Crippen LogP contribution in [0.3, 0.4) is 0 Å². The highest BCUT2D eigenvalue weighted by Gasteiger charge is 2.53. The fraction of sp³-hybridized carbons (Fsp3) is 0.400. The average Bonchev–Trinajstić information content (AvgIpc) is 3.19. The molecule has 0 saturated heterocycles. The number of hydrogen-bond acceptors (Lipinski definition) is 5. The molecule has 8 bridgehead atoms. The molecular weight excluding hydrogens is 711 g/mol. The first kappa shape index (κ1) is 37.4. The summed E-state index contributed by atoms with van der Waals surface area (Å²) in [5.41, 5.74) is 10.4. The summed E-state index contributed by atoms with van der Waals surface area (Å²) >= 11 is 0. The molecule has 0 spiro atoms. The molecule has 0 heterocycles. The summed E-state index contributed by atoms with van der Waals surface area (Å²) in [5.74, 6) is 4.45. The van der Waals surface area contributed by atoms with Gasteiger partial charge in [-0.2, -0.15) is 0 Å². The van der Waals surface area contributed by atoms with Crippen molar-refractivity contribution in [3.8, 4) is 33.8 Å². The van der Waals surface area contributed by atoms with E-state index in [9.17, 15) is 19.8 Å². The number of carbonyl (C=O) groups is 2. The smallest absolute Gasteiger partial charge is 0.328 e. The molecule has 0 radical (unpaired) electrons. The average molecular weight is 764 g/mol. The number of phenols is 2. The maximum atomic E-state index is 11.1. The third-order valence-corrected chi connectivity index (χ3v) is 14.7. The van der Waals surface area contributed by atoms with Crippen LogP contribution in [0.1, 0.15) is 99.3 Å². The van der Waals surface area contributed by atoms with Gasteiger partial charge in [-0.25, -0.2) is 10.3 Å². The lowest BCUT2D eigenvalue weighted by Gasteiger charge is -2.57. The number of rotatable bonds is 8. The number of hydroxylamine groups is 1. The van der Waals surface area contributed by atoms with Gasteiger partial charge in [-0.3, -0.25) is 10.0 Å². The third-order valence-electron chi connectivity index (χ3n) is 14.7. The predicted molar refractivity (Wildman–Crippen MR) is 222 cm³/mol. The van der Waals surface area contributed by atoms with Gasteiger partial charge in [0, 0.05) is 23.3 Å². The fourth-order valence-electron chi connectivity index (χ4n) is 13.1. The zero-order chi connectivity index (χ0) is 39.3. The number of aromatic hydroxyl groups is 2. The number of benzene rings is 4. The van der Waals surface area contributed by atoms with Gasteiger partial charge in [0.1, 0.15) is 11.5 Å². The second-order valence-corrected chi connectivity index (χ2v) is 18.6. The zero-order valence-corrected chi connectivity index (χ0v) is 32.4. The molecule has 294 valence electrons. The molecule has 57 heavy (non-hydrogen) atoms. The first-order chi connectivity index (χ1) is 27.5. The monoisotopic (exact) mass is 763 g/mol. The molecule has 0 unspecified atom stereocenters. The zero-order valence-electron chi connectivity index (χ0n) is 32.4. The van der Waals surface area contributed by atoms with Crippen LogP contribution in [0.5, 0.6) is 11.5 Å². The minimum absolute atomic E-state index is 0.162. The SMILES string of the molecule is O=C(/C=C/c1ccc(-c2ccc(O)c(C34CC5CC(CC(C5)C3)C4)c2)cc1)NO.O=C(O)/C=C/c1ccc(-c2ccc(O)c(C34CC5CC(CC(C5)C3)C4)c2)cc1. The lowest BCUT2D eigenvalue weighted by atomic mass is 9.48. The van der Waals surface area contributed by atoms with E-state index in [2.05, 4.69) is 12.1 Å². The first-order valence-electron chi connectivity index (χ1n) is 21.0. The third kappa shape index (κ3) is 7.54. The van der Waals surface area contributed by atoms with Crippen molar-refractivity contribution in [2.24, 2.45) is 35.5 Å². The van der Waals surface area contributed by atoms with Gasteiger partial charge in [0.25, 0.3) is 5.91 Å². The Morgan fingerprint density at radius 2 is 0.842 bits per heavy atom. The number of nitrogens with one attached hydrogen (secondary N) is 1. The maximum Gasteiger partial charge on any atom is 0.328 e. The summed E-state index contributed by atoms with van der Waals surface area (Å²) in [6, 6.07) is 28.0. The predicted octanol–water partition coefficient (Wildman–Crippen LogP) is 10.7. The van der Waals surface area contributed by atoms with E-state index in [1.165, 1.54) is 83.1 Å². The number of carboxylic acid groups (broad SMARTS) is 1. The van der Waals surface area contributed by atoms with Gasteiger partial charge in [-0.05, 0) is 193 Å². The minimum atomic E-state index is -0.942. The summed E-state index contributed by atoms with van der Waals surface area (Å²) in [4.78, 5) is 21.8. The van der Waals surface area contributed by atoms with E-state index < -0.39 is 11.9 Å². The minimum Gasteiger partial charge on any atom is -0.508 e. The molecule has 1 amide bonds. The molecule has 7 nitrogen and oxygen atoms in total. The van der Waals surface area contributed by atoms with Gasteiger partial charge in [0.15, 0.2) is 0 Å². The van der Waals surface area contributed by atoms with E-state index in [0.717, 1.165) is 86.1 Å². The highest BCUT2D eigenvalue weighted by molar-refractivity contribution is 5.91. The fourth-order valence-corrected chi connectivity index (χ4v) is 13.1. The Bertz CT molecular complexity index is 2150. The number of carboxylic acids is 1. The van der Waals surface area contributed by atoms with E-state index in [-0.39, 0.29) is 10.8 Å². The molecule has 5 N–H and O–H groups in total. The molecule has 4 aromatic carbocycles. The number of phenolic OH excluding ortho intramolecular Hbond substituents is 2. The van der Waals surface area contributed by atoms with Gasteiger partial charge in [-0.1, -0.05) is 60.7 Å². The normalized spacial score (nSPS) is 30.4. The maximum absolute atomic E-state index is 11.1. The van der Waals surface area contributed by atoms with E-state index in [1.807, 2.05) is 72.8 Å². The van der Waals surface area contributed by atoms with Crippen LogP contribution in [0, 0.1) is 35.5 Å². The molecule has 0 atom stereocenters. The van der Waals surface area contributed by atoms with Gasteiger partial charge < -0.3 is 15.3 Å². The number of aliphatic carboxylic acids is 1. The number of carbonyl (C=O) groups excluding carboxylic acids is 1. The van der Waals surface area contributed by atoms with Gasteiger partial charge in [0.2, 0.25) is 0 Å². The van der Waals surface area contributed by atoms with Crippen molar-refractivity contribution < 1.29 is 30.1 Å². The van der Waals surface area contributed by atoms with Crippen molar-refractivity contribution in [1.29, 1.82) is 0 Å². The van der Waals surface area contributed by atoms with Crippen LogP contribution in [0.25, 0.3) is 34.4 Å². The molecule has 0 aromatic heterocycles. The number of hydrogen-bond donors (Lipinski definition) is 5. The van der Waals surface area contributed by atoms with Crippen molar-refractivity contribution in [3.63, 3.8) is 0 Å².